The van der Waals surface area contributed by atoms with E-state index in [2.05, 4.69) is 0 Å². The van der Waals surface area contributed by atoms with Crippen LogP contribution in [0.15, 0.2) is 42.5 Å². The number of hydrogen-bond acceptors (Lipinski definition) is 3. The Balaban J connectivity index is 2.02. The van der Waals surface area contributed by atoms with Crippen LogP contribution in [0.5, 0.6) is 5.75 Å². The maximum atomic E-state index is 8.84. The van der Waals surface area contributed by atoms with E-state index in [0.717, 1.165) is 16.9 Å². The molecule has 0 radical (unpaired) electrons. The predicted molar refractivity (Wildman–Crippen MR) is 77.4 cm³/mol. The van der Waals surface area contributed by atoms with E-state index >= 15 is 0 Å². The lowest BCUT2D eigenvalue weighted by Gasteiger charge is -2.10. The molecule has 4 heteroatoms. The lowest BCUT2D eigenvalue weighted by atomic mass is 10.1. The van der Waals surface area contributed by atoms with Crippen molar-refractivity contribution >= 4 is 17.3 Å². The van der Waals surface area contributed by atoms with Crippen molar-refractivity contribution in [1.82, 2.24) is 0 Å². The SMILES string of the molecule is Nc1cccc(Cl)c1COc1ccc(CCO)cc1. The van der Waals surface area contributed by atoms with Gasteiger partial charge in [-0.25, -0.2) is 0 Å². The number of aliphatic hydroxyl groups excluding tert-OH is 1. The van der Waals surface area contributed by atoms with Crippen molar-refractivity contribution in [3.63, 3.8) is 0 Å². The first-order chi connectivity index (χ1) is 9.20. The molecule has 0 aliphatic rings. The van der Waals surface area contributed by atoms with Crippen molar-refractivity contribution in [3.8, 4) is 5.75 Å². The molecule has 0 unspecified atom stereocenters. The van der Waals surface area contributed by atoms with Crippen LogP contribution in [0, 0.1) is 0 Å². The van der Waals surface area contributed by atoms with Gasteiger partial charge in [-0.1, -0.05) is 29.8 Å². The van der Waals surface area contributed by atoms with Crippen LogP contribution in [-0.4, -0.2) is 11.7 Å². The molecule has 0 aromatic heterocycles. The van der Waals surface area contributed by atoms with Crippen LogP contribution in [0.3, 0.4) is 0 Å². The number of nitrogen functional groups attached to an aromatic ring is 1. The van der Waals surface area contributed by atoms with Gasteiger partial charge < -0.3 is 15.6 Å². The fourth-order valence-corrected chi connectivity index (χ4v) is 2.00. The summed E-state index contributed by atoms with van der Waals surface area (Å²) in [6.45, 7) is 0.487. The third kappa shape index (κ3) is 3.63. The van der Waals surface area contributed by atoms with E-state index < -0.39 is 0 Å². The predicted octanol–water partition coefficient (Wildman–Crippen LogP) is 3.04. The molecule has 0 spiro atoms. The molecule has 3 N–H and O–H groups in total. The molecule has 0 bridgehead atoms. The maximum absolute atomic E-state index is 8.84. The quantitative estimate of drug-likeness (QED) is 0.826. The number of ether oxygens (including phenoxy) is 1. The average molecular weight is 278 g/mol. The van der Waals surface area contributed by atoms with Crippen LogP contribution in [0.25, 0.3) is 0 Å². The van der Waals surface area contributed by atoms with Crippen molar-refractivity contribution < 1.29 is 9.84 Å². The number of benzene rings is 2. The van der Waals surface area contributed by atoms with Gasteiger partial charge in [0.15, 0.2) is 0 Å². The minimum Gasteiger partial charge on any atom is -0.489 e. The van der Waals surface area contributed by atoms with Crippen molar-refractivity contribution in [1.29, 1.82) is 0 Å². The third-order valence-electron chi connectivity index (χ3n) is 2.86. The number of aliphatic hydroxyl groups is 1. The van der Waals surface area contributed by atoms with Crippen molar-refractivity contribution in [2.45, 2.75) is 13.0 Å². The Morgan fingerprint density at radius 2 is 1.84 bits per heavy atom. The van der Waals surface area contributed by atoms with Gasteiger partial charge in [0.25, 0.3) is 0 Å². The zero-order valence-corrected chi connectivity index (χ0v) is 11.2. The first-order valence-corrected chi connectivity index (χ1v) is 6.44. The lowest BCUT2D eigenvalue weighted by Crippen LogP contribution is -2.01. The monoisotopic (exact) mass is 277 g/mol. The van der Waals surface area contributed by atoms with Crippen LogP contribution in [0.1, 0.15) is 11.1 Å². The number of rotatable bonds is 5. The van der Waals surface area contributed by atoms with Crippen molar-refractivity contribution in [3.05, 3.63) is 58.6 Å². The lowest BCUT2D eigenvalue weighted by molar-refractivity contribution is 0.298. The van der Waals surface area contributed by atoms with E-state index in [1.54, 1.807) is 12.1 Å². The summed E-state index contributed by atoms with van der Waals surface area (Å²) in [6.07, 6.45) is 0.651. The second-order valence-electron chi connectivity index (χ2n) is 4.21. The Bertz CT molecular complexity index is 520. The summed E-state index contributed by atoms with van der Waals surface area (Å²) in [5.74, 6) is 0.751. The van der Waals surface area contributed by atoms with Crippen molar-refractivity contribution in [2.24, 2.45) is 0 Å². The molecule has 0 fully saturated rings. The molecule has 0 saturated heterocycles. The Morgan fingerprint density at radius 1 is 1.11 bits per heavy atom. The Kier molecular flexibility index (Phi) is 4.66. The van der Waals surface area contributed by atoms with E-state index in [0.29, 0.717) is 23.7 Å². The summed E-state index contributed by atoms with van der Waals surface area (Å²) >= 11 is 6.07. The molecule has 0 amide bonds. The standard InChI is InChI=1S/C15H16ClNO2/c16-14-2-1-3-15(17)13(14)10-19-12-6-4-11(5-7-12)8-9-18/h1-7,18H,8-10,17H2. The highest BCUT2D eigenvalue weighted by Crippen LogP contribution is 2.24. The highest BCUT2D eigenvalue weighted by Gasteiger charge is 2.05. The summed E-state index contributed by atoms with van der Waals surface area (Å²) in [4.78, 5) is 0. The van der Waals surface area contributed by atoms with Crippen LogP contribution < -0.4 is 10.5 Å². The van der Waals surface area contributed by atoms with E-state index in [1.165, 1.54) is 0 Å². The minimum absolute atomic E-state index is 0.149. The molecule has 2 aromatic rings. The second kappa shape index (κ2) is 6.45. The molecule has 0 atom stereocenters. The van der Waals surface area contributed by atoms with Crippen molar-refractivity contribution in [2.75, 3.05) is 12.3 Å². The number of nitrogens with two attached hydrogens (primary N) is 1. The van der Waals surface area contributed by atoms with Gasteiger partial charge in [0.2, 0.25) is 0 Å². The Hall–Kier alpha value is -1.71. The third-order valence-corrected chi connectivity index (χ3v) is 3.22. The van der Waals surface area contributed by atoms with Gasteiger partial charge in [0, 0.05) is 22.9 Å². The highest BCUT2D eigenvalue weighted by molar-refractivity contribution is 6.31. The molecule has 100 valence electrons. The molecular formula is C15H16ClNO2. The number of halogens is 1. The van der Waals surface area contributed by atoms with Gasteiger partial charge in [0.1, 0.15) is 12.4 Å². The molecule has 19 heavy (non-hydrogen) atoms. The molecule has 3 nitrogen and oxygen atoms in total. The van der Waals surface area contributed by atoms with Crippen LogP contribution >= 0.6 is 11.6 Å². The van der Waals surface area contributed by atoms with Gasteiger partial charge in [-0.3, -0.25) is 0 Å². The minimum atomic E-state index is 0.149. The molecule has 0 aliphatic heterocycles. The summed E-state index contributed by atoms with van der Waals surface area (Å²) in [5, 5.41) is 9.45. The number of anilines is 1. The molecule has 0 saturated carbocycles. The summed E-state index contributed by atoms with van der Waals surface area (Å²) in [5.41, 5.74) is 8.36. The fourth-order valence-electron chi connectivity index (χ4n) is 1.76. The van der Waals surface area contributed by atoms with Gasteiger partial charge in [-0.15, -0.1) is 0 Å². The smallest absolute Gasteiger partial charge is 0.119 e. The van der Waals surface area contributed by atoms with Crippen LogP contribution in [0.2, 0.25) is 5.02 Å². The van der Waals surface area contributed by atoms with Gasteiger partial charge >= 0.3 is 0 Å². The normalized spacial score (nSPS) is 10.4. The Morgan fingerprint density at radius 3 is 2.47 bits per heavy atom. The van der Waals surface area contributed by atoms with Gasteiger partial charge in [-0.05, 0) is 36.2 Å². The maximum Gasteiger partial charge on any atom is 0.119 e. The Labute approximate surface area is 117 Å². The van der Waals surface area contributed by atoms with Crippen LogP contribution in [0.4, 0.5) is 5.69 Å². The van der Waals surface area contributed by atoms with E-state index in [-0.39, 0.29) is 6.61 Å². The number of hydrogen-bond donors (Lipinski definition) is 2. The first-order valence-electron chi connectivity index (χ1n) is 6.06. The molecule has 0 aliphatic carbocycles. The first kappa shape index (κ1) is 13.7. The van der Waals surface area contributed by atoms with Gasteiger partial charge in [0.05, 0.1) is 0 Å². The fraction of sp³-hybridized carbons (Fsp3) is 0.200. The van der Waals surface area contributed by atoms with E-state index in [9.17, 15) is 0 Å². The summed E-state index contributed by atoms with van der Waals surface area (Å²) in [7, 11) is 0. The highest BCUT2D eigenvalue weighted by atomic mass is 35.5. The summed E-state index contributed by atoms with van der Waals surface area (Å²) in [6, 6.07) is 13.0. The van der Waals surface area contributed by atoms with E-state index in [1.807, 2.05) is 30.3 Å². The zero-order chi connectivity index (χ0) is 13.7. The molecule has 2 rings (SSSR count). The largest absolute Gasteiger partial charge is 0.489 e. The topological polar surface area (TPSA) is 55.5 Å². The van der Waals surface area contributed by atoms with Crippen LogP contribution in [-0.2, 0) is 13.0 Å². The summed E-state index contributed by atoms with van der Waals surface area (Å²) < 4.78 is 5.66. The zero-order valence-electron chi connectivity index (χ0n) is 10.5. The molecule has 2 aromatic carbocycles. The molecular weight excluding hydrogens is 262 g/mol. The van der Waals surface area contributed by atoms with Gasteiger partial charge in [-0.2, -0.15) is 0 Å². The second-order valence-corrected chi connectivity index (χ2v) is 4.62. The van der Waals surface area contributed by atoms with E-state index in [4.69, 9.17) is 27.2 Å². The molecule has 0 heterocycles. The average Bonchev–Trinajstić information content (AvgIpc) is 2.40.